The Bertz CT molecular complexity index is 917. The summed E-state index contributed by atoms with van der Waals surface area (Å²) in [5, 5.41) is 0. The van der Waals surface area contributed by atoms with E-state index in [9.17, 15) is 31.1 Å². The molecule has 29 heavy (non-hydrogen) atoms. The van der Waals surface area contributed by atoms with Crippen molar-refractivity contribution in [3.05, 3.63) is 58.7 Å². The van der Waals surface area contributed by atoms with Crippen LogP contribution in [0.25, 0.3) is 12.2 Å². The molecule has 0 atom stereocenters. The zero-order valence-corrected chi connectivity index (χ0v) is 14.6. The Labute approximate surface area is 160 Å². The number of carbonyl (C=O) groups is 1. The van der Waals surface area contributed by atoms with Gasteiger partial charge in [-0.05, 0) is 31.4 Å². The first-order valence-corrected chi connectivity index (χ1v) is 8.28. The number of rotatable bonds is 2. The van der Waals surface area contributed by atoms with Crippen LogP contribution >= 0.6 is 0 Å². The Morgan fingerprint density at radius 2 is 1.14 bits per heavy atom. The van der Waals surface area contributed by atoms with Crippen LogP contribution in [0.15, 0.2) is 35.9 Å². The van der Waals surface area contributed by atoms with Gasteiger partial charge < -0.3 is 0 Å². The highest BCUT2D eigenvalue weighted by Crippen LogP contribution is 2.30. The molecule has 1 fully saturated rings. The van der Waals surface area contributed by atoms with E-state index in [0.717, 1.165) is 12.4 Å². The number of hydrogen-bond donors (Lipinski definition) is 0. The Morgan fingerprint density at radius 1 is 0.724 bits per heavy atom. The maximum atomic E-state index is 12.8. The van der Waals surface area contributed by atoms with E-state index in [-0.39, 0.29) is 22.5 Å². The first-order valence-electron chi connectivity index (χ1n) is 8.28. The second kappa shape index (κ2) is 7.72. The summed E-state index contributed by atoms with van der Waals surface area (Å²) in [6, 6.07) is 0. The molecule has 0 amide bonds. The minimum atomic E-state index is -4.68. The highest BCUT2D eigenvalue weighted by Gasteiger charge is 2.34. The second-order valence-electron chi connectivity index (χ2n) is 6.18. The molecule has 2 aromatic heterocycles. The van der Waals surface area contributed by atoms with E-state index in [4.69, 9.17) is 0 Å². The zero-order valence-electron chi connectivity index (χ0n) is 14.6. The fourth-order valence-corrected chi connectivity index (χ4v) is 2.71. The highest BCUT2D eigenvalue weighted by molar-refractivity contribution is 6.13. The third-order valence-corrected chi connectivity index (χ3v) is 4.01. The molecule has 0 unspecified atom stereocenters. The number of halogens is 6. The van der Waals surface area contributed by atoms with Gasteiger partial charge in [-0.15, -0.1) is 0 Å². The lowest BCUT2D eigenvalue weighted by atomic mass is 9.88. The summed E-state index contributed by atoms with van der Waals surface area (Å²) < 4.78 is 76.5. The Morgan fingerprint density at radius 3 is 1.52 bits per heavy atom. The van der Waals surface area contributed by atoms with Gasteiger partial charge in [0.1, 0.15) is 0 Å². The number of hydrogen-bond acceptors (Lipinski definition) is 5. The first-order chi connectivity index (χ1) is 13.5. The summed E-state index contributed by atoms with van der Waals surface area (Å²) in [5.74, 6) is -0.491. The molecule has 0 saturated heterocycles. The Balaban J connectivity index is 1.90. The van der Waals surface area contributed by atoms with Gasteiger partial charge in [0.2, 0.25) is 0 Å². The minimum Gasteiger partial charge on any atom is -0.289 e. The molecule has 3 rings (SSSR count). The molecule has 2 heterocycles. The van der Waals surface area contributed by atoms with Crippen molar-refractivity contribution in [1.29, 1.82) is 0 Å². The fourth-order valence-electron chi connectivity index (χ4n) is 2.71. The van der Waals surface area contributed by atoms with Crippen molar-refractivity contribution >= 4 is 17.9 Å². The van der Waals surface area contributed by atoms with E-state index in [1.165, 1.54) is 12.2 Å². The van der Waals surface area contributed by atoms with Gasteiger partial charge in [0, 0.05) is 11.1 Å². The number of aromatic nitrogens is 4. The van der Waals surface area contributed by atoms with Gasteiger partial charge in [-0.1, -0.05) is 0 Å². The lowest BCUT2D eigenvalue weighted by Crippen LogP contribution is -2.14. The maximum Gasteiger partial charge on any atom is 0.434 e. The summed E-state index contributed by atoms with van der Waals surface area (Å²) in [5.41, 5.74) is -2.27. The summed E-state index contributed by atoms with van der Waals surface area (Å²) in [6.07, 6.45) is -2.55. The van der Waals surface area contributed by atoms with Crippen LogP contribution in [0.1, 0.15) is 42.0 Å². The SMILES string of the molecule is O=C1C(=Cc2cncc(C(F)(F)F)n2)CCCC1=Cc1cncc(C(F)(F)F)n1. The molecule has 0 spiro atoms. The van der Waals surface area contributed by atoms with Crippen LogP contribution in [0.2, 0.25) is 0 Å². The summed E-state index contributed by atoms with van der Waals surface area (Å²) >= 11 is 0. The van der Waals surface area contributed by atoms with Crippen LogP contribution in [0.5, 0.6) is 0 Å². The van der Waals surface area contributed by atoms with E-state index in [2.05, 4.69) is 19.9 Å². The first kappa shape index (κ1) is 20.6. The van der Waals surface area contributed by atoms with Crippen LogP contribution in [-0.4, -0.2) is 25.7 Å². The quantitative estimate of drug-likeness (QED) is 0.534. The van der Waals surface area contributed by atoms with Gasteiger partial charge in [0.25, 0.3) is 0 Å². The topological polar surface area (TPSA) is 68.6 Å². The molecule has 1 saturated carbocycles. The molecule has 1 aliphatic rings. The number of carbonyl (C=O) groups excluding carboxylic acids is 1. The molecule has 11 heteroatoms. The Kier molecular flexibility index (Phi) is 5.49. The molecular formula is C18H12F6N4O. The summed E-state index contributed by atoms with van der Waals surface area (Å²) in [6.45, 7) is 0. The van der Waals surface area contributed by atoms with Gasteiger partial charge in [-0.3, -0.25) is 14.8 Å². The van der Waals surface area contributed by atoms with Crippen molar-refractivity contribution in [3.63, 3.8) is 0 Å². The standard InChI is InChI=1S/C18H12F6N4O/c19-17(20,21)14-8-25-6-12(27-14)4-10-2-1-3-11(16(10)29)5-13-7-26-9-15(28-13)18(22,23)24/h4-9H,1-3H2. The average Bonchev–Trinajstić information content (AvgIpc) is 2.64. The van der Waals surface area contributed by atoms with Gasteiger partial charge in [-0.25, -0.2) is 9.97 Å². The van der Waals surface area contributed by atoms with Crippen molar-refractivity contribution in [2.75, 3.05) is 0 Å². The highest BCUT2D eigenvalue weighted by atomic mass is 19.4. The number of nitrogens with zero attached hydrogens (tertiary/aromatic N) is 4. The van der Waals surface area contributed by atoms with Crippen molar-refractivity contribution in [3.8, 4) is 0 Å². The van der Waals surface area contributed by atoms with Crippen molar-refractivity contribution in [1.82, 2.24) is 19.9 Å². The van der Waals surface area contributed by atoms with E-state index >= 15 is 0 Å². The number of Topliss-reactive ketones (excluding diaryl/α,β-unsaturated/α-hetero) is 1. The molecule has 5 nitrogen and oxygen atoms in total. The Hall–Kier alpha value is -3.11. The van der Waals surface area contributed by atoms with Crippen molar-refractivity contribution in [2.45, 2.75) is 31.6 Å². The van der Waals surface area contributed by atoms with Crippen molar-refractivity contribution < 1.29 is 31.1 Å². The number of alkyl halides is 6. The molecule has 0 aromatic carbocycles. The van der Waals surface area contributed by atoms with E-state index in [1.807, 2.05) is 0 Å². The van der Waals surface area contributed by atoms with Gasteiger partial charge in [0.05, 0.1) is 36.2 Å². The fraction of sp³-hybridized carbons (Fsp3) is 0.278. The number of ketones is 1. The maximum absolute atomic E-state index is 12.8. The van der Waals surface area contributed by atoms with Gasteiger partial charge in [0.15, 0.2) is 17.2 Å². The van der Waals surface area contributed by atoms with Crippen LogP contribution in [-0.2, 0) is 17.1 Å². The lowest BCUT2D eigenvalue weighted by molar-refractivity contribution is -0.142. The van der Waals surface area contributed by atoms with Gasteiger partial charge in [-0.2, -0.15) is 26.3 Å². The van der Waals surface area contributed by atoms with Crippen LogP contribution in [0.4, 0.5) is 26.3 Å². The molecule has 0 bridgehead atoms. The zero-order chi connectivity index (χ0) is 21.2. The normalized spacial score (nSPS) is 18.5. The molecule has 0 aliphatic heterocycles. The smallest absolute Gasteiger partial charge is 0.289 e. The van der Waals surface area contributed by atoms with E-state index in [0.29, 0.717) is 31.7 Å². The molecule has 152 valence electrons. The summed E-state index contributed by atoms with van der Waals surface area (Å²) in [7, 11) is 0. The monoisotopic (exact) mass is 414 g/mol. The largest absolute Gasteiger partial charge is 0.434 e. The lowest BCUT2D eigenvalue weighted by Gasteiger charge is -2.16. The minimum absolute atomic E-state index is 0.136. The molecule has 2 aromatic rings. The average molecular weight is 414 g/mol. The third-order valence-electron chi connectivity index (χ3n) is 4.01. The predicted molar refractivity (Wildman–Crippen MR) is 88.9 cm³/mol. The van der Waals surface area contributed by atoms with Crippen molar-refractivity contribution in [2.24, 2.45) is 0 Å². The molecular weight excluding hydrogens is 402 g/mol. The van der Waals surface area contributed by atoms with E-state index in [1.54, 1.807) is 0 Å². The second-order valence-corrected chi connectivity index (χ2v) is 6.18. The molecule has 0 N–H and O–H groups in total. The summed E-state index contributed by atoms with van der Waals surface area (Å²) in [4.78, 5) is 26.5. The molecule has 0 radical (unpaired) electrons. The number of allylic oxidation sites excluding steroid dienone is 2. The van der Waals surface area contributed by atoms with Crippen LogP contribution in [0, 0.1) is 0 Å². The third kappa shape index (κ3) is 5.04. The van der Waals surface area contributed by atoms with E-state index < -0.39 is 29.5 Å². The molecule has 1 aliphatic carbocycles. The van der Waals surface area contributed by atoms with Gasteiger partial charge >= 0.3 is 12.4 Å². The van der Waals surface area contributed by atoms with Crippen LogP contribution < -0.4 is 0 Å². The predicted octanol–water partition coefficient (Wildman–Crippen LogP) is 4.52. The van der Waals surface area contributed by atoms with Crippen LogP contribution in [0.3, 0.4) is 0 Å².